The van der Waals surface area contributed by atoms with E-state index in [0.717, 1.165) is 13.0 Å². The van der Waals surface area contributed by atoms with Gasteiger partial charge in [-0.05, 0) is 20.3 Å². The van der Waals surface area contributed by atoms with E-state index in [-0.39, 0.29) is 0 Å². The van der Waals surface area contributed by atoms with Crippen LogP contribution in [0.25, 0.3) is 0 Å². The van der Waals surface area contributed by atoms with E-state index < -0.39 is 0 Å². The maximum Gasteiger partial charge on any atom is 0.221 e. The van der Waals surface area contributed by atoms with Crippen molar-refractivity contribution in [2.24, 2.45) is 5.11 Å². The normalized spacial score (nSPS) is 12.0. The van der Waals surface area contributed by atoms with Crippen molar-refractivity contribution >= 4 is 0 Å². The minimum atomic E-state index is 0.411. The van der Waals surface area contributed by atoms with Crippen molar-refractivity contribution in [2.75, 3.05) is 20.7 Å². The Morgan fingerprint density at radius 3 is 2.33 bits per heavy atom. The van der Waals surface area contributed by atoms with Gasteiger partial charge in [0.15, 0.2) is 7.11 Å². The molecule has 0 bridgehead atoms. The first kappa shape index (κ1) is 11.2. The van der Waals surface area contributed by atoms with Crippen LogP contribution in [-0.4, -0.2) is 36.7 Å². The second-order valence-corrected chi connectivity index (χ2v) is 2.89. The lowest BCUT2D eigenvalue weighted by Gasteiger charge is -2.17. The van der Waals surface area contributed by atoms with E-state index in [9.17, 15) is 0 Å². The van der Waals surface area contributed by atoms with Gasteiger partial charge in [0.25, 0.3) is 0 Å². The molecule has 0 N–H and O–H groups in total. The fraction of sp³-hybridized carbons (Fsp3) is 1.00. The molecule has 0 amide bonds. The molecule has 0 aromatic carbocycles. The van der Waals surface area contributed by atoms with Crippen molar-refractivity contribution in [1.29, 1.82) is 0 Å². The highest BCUT2D eigenvalue weighted by Crippen LogP contribution is 2.01. The van der Waals surface area contributed by atoms with Crippen molar-refractivity contribution in [3.8, 4) is 0 Å². The third-order valence-corrected chi connectivity index (χ3v) is 1.60. The Bertz CT molecular complexity index is 145. The van der Waals surface area contributed by atoms with Gasteiger partial charge >= 0.3 is 0 Å². The van der Waals surface area contributed by atoms with Crippen LogP contribution in [-0.2, 0) is 4.84 Å². The molecule has 0 rings (SSSR count). The fourth-order valence-electron chi connectivity index (χ4n) is 1.07. The molecule has 0 saturated carbocycles. The molecule has 72 valence electrons. The van der Waals surface area contributed by atoms with Gasteiger partial charge in [0.05, 0.1) is 19.6 Å². The summed E-state index contributed by atoms with van der Waals surface area (Å²) in [6.45, 7) is 7.33. The molecule has 4 heteroatoms. The molecule has 4 nitrogen and oxygen atoms in total. The maximum absolute atomic E-state index is 5.07. The van der Waals surface area contributed by atoms with Crippen LogP contribution in [0.1, 0.15) is 27.2 Å². The zero-order chi connectivity index (χ0) is 9.56. The first-order chi connectivity index (χ1) is 5.67. The van der Waals surface area contributed by atoms with Gasteiger partial charge in [-0.25, -0.2) is 4.84 Å². The number of nitrogens with zero attached hydrogens (tertiary/aromatic N) is 3. The quantitative estimate of drug-likeness (QED) is 0.360. The van der Waals surface area contributed by atoms with Gasteiger partial charge in [-0.2, -0.15) is 0 Å². The van der Waals surface area contributed by atoms with Crippen LogP contribution in [0.2, 0.25) is 0 Å². The molecule has 0 spiro atoms. The smallest absolute Gasteiger partial charge is 0.221 e. The highest BCUT2D eigenvalue weighted by Gasteiger charge is 2.21. The molecule has 0 saturated heterocycles. The summed E-state index contributed by atoms with van der Waals surface area (Å²) in [5.41, 5.74) is 0. The summed E-state index contributed by atoms with van der Waals surface area (Å²) in [7, 11) is 3.34. The van der Waals surface area contributed by atoms with Gasteiger partial charge in [0.1, 0.15) is 0 Å². The Labute approximate surface area is 74.7 Å². The number of hydrogen-bond donors (Lipinski definition) is 0. The number of hydrazine groups is 1. The van der Waals surface area contributed by atoms with E-state index in [1.807, 2.05) is 0 Å². The van der Waals surface area contributed by atoms with Crippen molar-refractivity contribution in [3.05, 3.63) is 0 Å². The predicted octanol–water partition coefficient (Wildman–Crippen LogP) is 1.68. The molecule has 0 aliphatic carbocycles. The average molecular weight is 174 g/mol. The Kier molecular flexibility index (Phi) is 5.41. The molecule has 12 heavy (non-hydrogen) atoms. The standard InChI is InChI=1S/C8H20N3O/c1-6-7-10(8(2)3)11(9-4)12-5/h8H,6-7H2,1-5H3/q+1. The van der Waals surface area contributed by atoms with Gasteiger partial charge in [0.2, 0.25) is 4.97 Å². The summed E-state index contributed by atoms with van der Waals surface area (Å²) in [4.78, 5) is 6.60. The van der Waals surface area contributed by atoms with E-state index in [4.69, 9.17) is 4.84 Å². The largest absolute Gasteiger partial charge is 0.228 e. The summed E-state index contributed by atoms with van der Waals surface area (Å²) in [5, 5.41) is 6.05. The SMILES string of the molecule is CCCN(C(C)C)[N+](=NC)OC. The lowest BCUT2D eigenvalue weighted by molar-refractivity contribution is -0.936. The van der Waals surface area contributed by atoms with Crippen LogP contribution in [0.4, 0.5) is 0 Å². The molecule has 0 radical (unpaired) electrons. The van der Waals surface area contributed by atoms with E-state index in [1.165, 1.54) is 4.97 Å². The monoisotopic (exact) mass is 174 g/mol. The zero-order valence-electron chi connectivity index (χ0n) is 8.74. The van der Waals surface area contributed by atoms with Crippen LogP contribution in [0.5, 0.6) is 0 Å². The van der Waals surface area contributed by atoms with Gasteiger partial charge in [-0.3, -0.25) is 0 Å². The molecule has 0 fully saturated rings. The molecular weight excluding hydrogens is 154 g/mol. The molecule has 0 aliphatic rings. The predicted molar refractivity (Wildman–Crippen MR) is 47.8 cm³/mol. The zero-order valence-corrected chi connectivity index (χ0v) is 8.74. The molecule has 0 heterocycles. The highest BCUT2D eigenvalue weighted by atomic mass is 16.7. The molecule has 0 atom stereocenters. The Hall–Kier alpha value is -0.800. The van der Waals surface area contributed by atoms with Crippen molar-refractivity contribution in [2.45, 2.75) is 33.2 Å². The summed E-state index contributed by atoms with van der Waals surface area (Å²) < 4.78 is 0. The van der Waals surface area contributed by atoms with Gasteiger partial charge in [-0.1, -0.05) is 6.92 Å². The van der Waals surface area contributed by atoms with E-state index in [1.54, 1.807) is 14.2 Å². The molecule has 0 aromatic heterocycles. The number of hydrogen-bond acceptors (Lipinski definition) is 2. The lowest BCUT2D eigenvalue weighted by Crippen LogP contribution is -2.39. The summed E-state index contributed by atoms with van der Waals surface area (Å²) in [6, 6.07) is 0.411. The molecule has 0 unspecified atom stereocenters. The van der Waals surface area contributed by atoms with Crippen molar-refractivity contribution in [3.63, 3.8) is 0 Å². The summed E-state index contributed by atoms with van der Waals surface area (Å²) in [5.74, 6) is 0. The summed E-state index contributed by atoms with van der Waals surface area (Å²) in [6.07, 6.45) is 1.09. The van der Waals surface area contributed by atoms with E-state index in [0.29, 0.717) is 6.04 Å². The van der Waals surface area contributed by atoms with Crippen molar-refractivity contribution < 1.29 is 9.81 Å². The number of rotatable bonds is 5. The first-order valence-electron chi connectivity index (χ1n) is 4.37. The second-order valence-electron chi connectivity index (χ2n) is 2.89. The van der Waals surface area contributed by atoms with Gasteiger partial charge in [0, 0.05) is 5.11 Å². The Balaban J connectivity index is 4.27. The fourth-order valence-corrected chi connectivity index (χ4v) is 1.07. The van der Waals surface area contributed by atoms with E-state index in [2.05, 4.69) is 30.9 Å². The van der Waals surface area contributed by atoms with Gasteiger partial charge < -0.3 is 0 Å². The van der Waals surface area contributed by atoms with Crippen LogP contribution >= 0.6 is 0 Å². The topological polar surface area (TPSA) is 27.8 Å². The highest BCUT2D eigenvalue weighted by molar-refractivity contribution is 4.48. The Morgan fingerprint density at radius 1 is 1.50 bits per heavy atom. The maximum atomic E-state index is 5.07. The van der Waals surface area contributed by atoms with Crippen LogP contribution < -0.4 is 0 Å². The summed E-state index contributed by atoms with van der Waals surface area (Å²) >= 11 is 0. The average Bonchev–Trinajstić information content (AvgIpc) is 2.05. The molecule has 0 aromatic rings. The van der Waals surface area contributed by atoms with Crippen molar-refractivity contribution in [1.82, 2.24) is 5.01 Å². The second kappa shape index (κ2) is 5.80. The van der Waals surface area contributed by atoms with Crippen LogP contribution in [0.3, 0.4) is 0 Å². The molecular formula is C8H20N3O+. The third-order valence-electron chi connectivity index (χ3n) is 1.60. The minimum absolute atomic E-state index is 0.411. The Morgan fingerprint density at radius 2 is 2.08 bits per heavy atom. The minimum Gasteiger partial charge on any atom is -0.228 e. The molecule has 0 aliphatic heterocycles. The lowest BCUT2D eigenvalue weighted by atomic mass is 10.3. The van der Waals surface area contributed by atoms with E-state index >= 15 is 0 Å². The third kappa shape index (κ3) is 3.07. The van der Waals surface area contributed by atoms with Crippen LogP contribution in [0.15, 0.2) is 5.11 Å². The van der Waals surface area contributed by atoms with Crippen LogP contribution in [0, 0.1) is 0 Å². The van der Waals surface area contributed by atoms with Gasteiger partial charge in [-0.15, -0.1) is 5.01 Å². The first-order valence-corrected chi connectivity index (χ1v) is 4.37.